The molecular weight excluding hydrogens is 842 g/mol. The van der Waals surface area contributed by atoms with E-state index in [0.717, 1.165) is 121 Å². The van der Waals surface area contributed by atoms with Gasteiger partial charge in [0.15, 0.2) is 0 Å². The van der Waals surface area contributed by atoms with E-state index in [1.165, 1.54) is 18.6 Å². The van der Waals surface area contributed by atoms with Crippen LogP contribution in [-0.2, 0) is 14.8 Å². The molecule has 2 bridgehead atoms. The van der Waals surface area contributed by atoms with Crippen LogP contribution in [0.4, 0.5) is 17.1 Å². The minimum Gasteiger partial charge on any atom is -0.455 e. The van der Waals surface area contributed by atoms with Crippen molar-refractivity contribution in [3.63, 3.8) is 0 Å². The predicted octanol–water partition coefficient (Wildman–Crippen LogP) is 8.79. The molecule has 1 spiro atoms. The fourth-order valence-electron chi connectivity index (χ4n) is 11.6. The fourth-order valence-corrected chi connectivity index (χ4v) is 13.3. The van der Waals surface area contributed by atoms with Gasteiger partial charge in [0.25, 0.3) is 21.6 Å². The molecule has 1 amide bonds. The lowest BCUT2D eigenvalue weighted by Crippen LogP contribution is -2.65. The van der Waals surface area contributed by atoms with Crippen molar-refractivity contribution < 1.29 is 27.6 Å². The highest BCUT2D eigenvalue weighted by Gasteiger charge is 2.69. The van der Waals surface area contributed by atoms with E-state index in [2.05, 4.69) is 43.7 Å². The molecule has 4 heterocycles. The maximum absolute atomic E-state index is 14.0. The second-order valence-electron chi connectivity index (χ2n) is 20.2. The summed E-state index contributed by atoms with van der Waals surface area (Å²) in [6.45, 7) is 11.1. The van der Waals surface area contributed by atoms with Crippen molar-refractivity contribution in [2.45, 2.75) is 87.8 Å². The Labute approximate surface area is 373 Å². The molecule has 0 unspecified atom stereocenters. The number of anilines is 2. The van der Waals surface area contributed by atoms with Crippen molar-refractivity contribution >= 4 is 55.6 Å². The van der Waals surface area contributed by atoms with Gasteiger partial charge in [0.1, 0.15) is 22.8 Å². The summed E-state index contributed by atoms with van der Waals surface area (Å²) in [5.41, 5.74) is 5.59. The molecule has 5 aliphatic carbocycles. The molecule has 2 aromatic heterocycles. The number of nitrogens with one attached hydrogen (secondary N) is 3. The Hall–Kier alpha value is -4.70. The maximum Gasteiger partial charge on any atom is 0.293 e. The second kappa shape index (κ2) is 15.8. The molecule has 334 valence electrons. The Morgan fingerprint density at radius 3 is 2.52 bits per heavy atom. The number of rotatable bonds is 13. The first kappa shape index (κ1) is 42.3. The molecule has 63 heavy (non-hydrogen) atoms. The maximum atomic E-state index is 14.0. The average Bonchev–Trinajstić information content (AvgIpc) is 3.70. The number of carbonyl (C=O) groups is 1. The van der Waals surface area contributed by atoms with Crippen LogP contribution in [-0.4, -0.2) is 91.5 Å². The van der Waals surface area contributed by atoms with Crippen molar-refractivity contribution in [3.8, 4) is 11.5 Å². The minimum atomic E-state index is -4.54. The first-order valence-corrected chi connectivity index (χ1v) is 24.2. The number of allylic oxidation sites excluding steroid dienone is 1. The molecule has 0 radical (unpaired) electrons. The highest BCUT2D eigenvalue weighted by Crippen LogP contribution is 2.75. The zero-order valence-corrected chi connectivity index (χ0v) is 37.6. The number of amides is 1. The summed E-state index contributed by atoms with van der Waals surface area (Å²) in [6.07, 6.45) is 14.3. The van der Waals surface area contributed by atoms with Crippen molar-refractivity contribution in [1.82, 2.24) is 19.6 Å². The smallest absolute Gasteiger partial charge is 0.293 e. The summed E-state index contributed by atoms with van der Waals surface area (Å²) >= 11 is 6.75. The van der Waals surface area contributed by atoms with Gasteiger partial charge in [-0.1, -0.05) is 25.0 Å². The van der Waals surface area contributed by atoms with Gasteiger partial charge in [0.2, 0.25) is 0 Å². The summed E-state index contributed by atoms with van der Waals surface area (Å²) in [5, 5.41) is 16.2. The van der Waals surface area contributed by atoms with Crippen LogP contribution < -0.4 is 19.7 Å². The molecule has 14 nitrogen and oxygen atoms in total. The second-order valence-corrected chi connectivity index (χ2v) is 22.6. The summed E-state index contributed by atoms with van der Waals surface area (Å²) in [4.78, 5) is 37.5. The normalized spacial score (nSPS) is 25.5. The molecule has 4 saturated carbocycles. The van der Waals surface area contributed by atoms with E-state index in [1.807, 2.05) is 12.1 Å². The van der Waals surface area contributed by atoms with E-state index in [9.17, 15) is 23.3 Å². The van der Waals surface area contributed by atoms with E-state index in [-0.39, 0.29) is 27.6 Å². The molecule has 7 aliphatic rings. The number of hydrogen-bond donors (Lipinski definition) is 3. The number of pyridine rings is 1. The number of nitro groups is 1. The first-order valence-electron chi connectivity index (χ1n) is 22.4. The SMILES string of the molecule is CC1(C)CCC(CN2CCN(c3ccc(C(=O)NS(=O)(=O)c4ccc(NCC5CC6(CCOCC6)C5)c([N+](=O)[O-])c4)c(Oc4cnc5[nH]ccc5c4)c3)CC2)=C(C23CC(Cl)(C2)C3)C1. The monoisotopic (exact) mass is 897 g/mol. The van der Waals surface area contributed by atoms with E-state index >= 15 is 0 Å². The lowest BCUT2D eigenvalue weighted by Gasteiger charge is -2.70. The van der Waals surface area contributed by atoms with Gasteiger partial charge in [-0.3, -0.25) is 19.8 Å². The van der Waals surface area contributed by atoms with Gasteiger partial charge in [-0.05, 0) is 123 Å². The van der Waals surface area contributed by atoms with Crippen LogP contribution >= 0.6 is 11.6 Å². The zero-order valence-electron chi connectivity index (χ0n) is 36.0. The summed E-state index contributed by atoms with van der Waals surface area (Å²) in [5.74, 6) is -0.0462. The van der Waals surface area contributed by atoms with Crippen LogP contribution in [0.25, 0.3) is 11.0 Å². The highest BCUT2D eigenvalue weighted by atomic mass is 35.5. The van der Waals surface area contributed by atoms with Crippen molar-refractivity contribution in [3.05, 3.63) is 87.7 Å². The standard InChI is InChI=1S/C47H56ClN7O7S/c1-44(2)9-7-33(38(24-44)46-28-47(48,29-46)30-46)27-53-13-15-54(16-14-53)34-3-5-37(41(20-34)62-35-19-32-8-12-49-42(32)51-26-35)43(56)52-63(59,60)36-4-6-39(40(21-36)55(57)58)50-25-31-22-45(23-31)10-17-61-18-11-45/h3-6,8,12,19-21,26,31,50H,7,9-11,13-18,22-25,27-30H2,1-2H3,(H,49,51)(H,52,56). The van der Waals surface area contributed by atoms with Crippen LogP contribution in [0.3, 0.4) is 0 Å². The predicted molar refractivity (Wildman–Crippen MR) is 242 cm³/mol. The topological polar surface area (TPSA) is 172 Å². The van der Waals surface area contributed by atoms with E-state index < -0.39 is 25.7 Å². The number of nitro benzene ring substituents is 1. The van der Waals surface area contributed by atoms with Crippen molar-refractivity contribution in [2.24, 2.45) is 22.2 Å². The van der Waals surface area contributed by atoms with Gasteiger partial charge in [-0.25, -0.2) is 18.1 Å². The molecule has 6 fully saturated rings. The molecule has 2 saturated heterocycles. The molecule has 0 atom stereocenters. The molecule has 4 aromatic rings. The Morgan fingerprint density at radius 1 is 1.03 bits per heavy atom. The molecule has 2 aromatic carbocycles. The van der Waals surface area contributed by atoms with E-state index in [4.69, 9.17) is 21.1 Å². The van der Waals surface area contributed by atoms with Gasteiger partial charge >= 0.3 is 0 Å². The van der Waals surface area contributed by atoms with E-state index in [0.29, 0.717) is 40.1 Å². The number of nitrogens with zero attached hydrogens (tertiary/aromatic N) is 4. The third-order valence-corrected chi connectivity index (χ3v) is 16.8. The number of aromatic amines is 1. The number of hydrogen-bond acceptors (Lipinski definition) is 11. The van der Waals surface area contributed by atoms with Crippen molar-refractivity contribution in [2.75, 3.05) is 62.7 Å². The van der Waals surface area contributed by atoms with Crippen LogP contribution in [0.5, 0.6) is 11.5 Å². The van der Waals surface area contributed by atoms with Crippen LogP contribution in [0, 0.1) is 32.3 Å². The Bertz CT molecular complexity index is 2590. The number of piperazine rings is 1. The molecule has 11 rings (SSSR count). The summed E-state index contributed by atoms with van der Waals surface area (Å²) < 4.78 is 41.5. The molecule has 2 aliphatic heterocycles. The number of sulfonamides is 1. The minimum absolute atomic E-state index is 0.0160. The van der Waals surface area contributed by atoms with Crippen molar-refractivity contribution in [1.29, 1.82) is 0 Å². The number of H-pyrrole nitrogens is 1. The largest absolute Gasteiger partial charge is 0.455 e. The number of fused-ring (bicyclic) bond motifs is 1. The van der Waals surface area contributed by atoms with Gasteiger partial charge in [0, 0.05) is 86.8 Å². The van der Waals surface area contributed by atoms with Crippen LogP contribution in [0.2, 0.25) is 0 Å². The third kappa shape index (κ3) is 8.30. The van der Waals surface area contributed by atoms with Crippen LogP contribution in [0.1, 0.15) is 88.4 Å². The summed E-state index contributed by atoms with van der Waals surface area (Å²) in [6, 6.07) is 12.5. The number of carbonyl (C=O) groups excluding carboxylic acids is 1. The van der Waals surface area contributed by atoms with Gasteiger partial charge < -0.3 is 24.7 Å². The van der Waals surface area contributed by atoms with Gasteiger partial charge in [0.05, 0.1) is 21.6 Å². The lowest BCUT2D eigenvalue weighted by atomic mass is 9.39. The van der Waals surface area contributed by atoms with Gasteiger partial charge in [-0.15, -0.1) is 11.6 Å². The summed E-state index contributed by atoms with van der Waals surface area (Å²) in [7, 11) is -4.54. The third-order valence-electron chi connectivity index (χ3n) is 15.0. The Kier molecular flexibility index (Phi) is 10.6. The van der Waals surface area contributed by atoms with Gasteiger partial charge in [-0.2, -0.15) is 0 Å². The van der Waals surface area contributed by atoms with E-state index in [1.54, 1.807) is 41.7 Å². The highest BCUT2D eigenvalue weighted by molar-refractivity contribution is 7.90. The van der Waals surface area contributed by atoms with Crippen LogP contribution in [0.15, 0.2) is 77.0 Å². The number of halogens is 1. The Morgan fingerprint density at radius 2 is 1.79 bits per heavy atom. The number of aromatic nitrogens is 2. The molecule has 3 N–H and O–H groups in total. The fraction of sp³-hybridized carbons (Fsp3) is 0.532. The number of benzene rings is 2. The quantitative estimate of drug-likeness (QED) is 0.0507. The first-order chi connectivity index (χ1) is 30.1. The molecular formula is C47H56ClN7O7S. The number of ether oxygens (including phenoxy) is 2. The number of alkyl halides is 1. The lowest BCUT2D eigenvalue weighted by molar-refractivity contribution is -0.384. The molecule has 16 heteroatoms. The average molecular weight is 899 g/mol. The zero-order chi connectivity index (χ0) is 43.8. The Balaban J connectivity index is 0.842.